The third-order valence-corrected chi connectivity index (χ3v) is 2.77. The molecular weight excluding hydrogens is 280 g/mol. The Labute approximate surface area is 127 Å². The van der Waals surface area contributed by atoms with Gasteiger partial charge in [0.2, 0.25) is 0 Å². The molecule has 1 amide bonds. The van der Waals surface area contributed by atoms with Gasteiger partial charge >= 0.3 is 0 Å². The van der Waals surface area contributed by atoms with Crippen LogP contribution in [0.2, 0.25) is 0 Å². The van der Waals surface area contributed by atoms with Gasteiger partial charge in [0.15, 0.2) is 0 Å². The van der Waals surface area contributed by atoms with Crippen LogP contribution in [0.3, 0.4) is 0 Å². The fourth-order valence-electron chi connectivity index (χ4n) is 1.68. The average Bonchev–Trinajstić information content (AvgIpc) is 2.54. The molecule has 6 nitrogen and oxygen atoms in total. The number of phenolic OH excluding ortho intramolecular Hbond substituents is 1. The Balaban J connectivity index is 1.99. The largest absolute Gasteiger partial charge is 0.506 e. The first-order valence-corrected chi connectivity index (χ1v) is 6.53. The molecule has 1 aromatic heterocycles. The second-order valence-electron chi connectivity index (χ2n) is 4.34. The molecule has 0 unspecified atom stereocenters. The zero-order valence-corrected chi connectivity index (χ0v) is 11.7. The van der Waals surface area contributed by atoms with Gasteiger partial charge in [0.05, 0.1) is 17.9 Å². The number of phenols is 1. The fourth-order valence-corrected chi connectivity index (χ4v) is 1.68. The summed E-state index contributed by atoms with van der Waals surface area (Å²) in [5.41, 5.74) is 0.940. The molecule has 0 saturated carbocycles. The lowest BCUT2D eigenvalue weighted by molar-refractivity contribution is -0.112. The molecule has 2 rings (SSSR count). The number of aromatic nitrogens is 1. The van der Waals surface area contributed by atoms with E-state index in [0.717, 1.165) is 5.69 Å². The lowest BCUT2D eigenvalue weighted by Gasteiger charge is -2.06. The van der Waals surface area contributed by atoms with Crippen LogP contribution in [0.5, 0.6) is 5.75 Å². The van der Waals surface area contributed by atoms with E-state index in [-0.39, 0.29) is 17.0 Å². The Morgan fingerprint density at radius 2 is 2.05 bits per heavy atom. The highest BCUT2D eigenvalue weighted by molar-refractivity contribution is 6.07. The van der Waals surface area contributed by atoms with Gasteiger partial charge < -0.3 is 15.7 Å². The van der Waals surface area contributed by atoms with Gasteiger partial charge in [0.25, 0.3) is 5.91 Å². The Kier molecular flexibility index (Phi) is 5.10. The predicted molar refractivity (Wildman–Crippen MR) is 81.5 cm³/mol. The van der Waals surface area contributed by atoms with E-state index >= 15 is 0 Å². The summed E-state index contributed by atoms with van der Waals surface area (Å²) < 4.78 is 0. The molecule has 0 fully saturated rings. The molecule has 110 valence electrons. The lowest BCUT2D eigenvalue weighted by Crippen LogP contribution is -2.16. The molecule has 3 N–H and O–H groups in total. The van der Waals surface area contributed by atoms with Crippen LogP contribution in [0, 0.1) is 11.3 Å². The van der Waals surface area contributed by atoms with Crippen LogP contribution in [-0.2, 0) is 11.3 Å². The molecule has 0 bridgehead atoms. The standard InChI is InChI=1S/C16H14N4O2/c17-9-12(10-18-11-13-5-3-4-8-19-13)16(22)20-14-6-1-2-7-15(14)21/h1-8,10,18,21H,11H2,(H,20,22)/b12-10-. The summed E-state index contributed by atoms with van der Waals surface area (Å²) in [4.78, 5) is 16.1. The van der Waals surface area contributed by atoms with Crippen molar-refractivity contribution in [1.82, 2.24) is 10.3 Å². The maximum absolute atomic E-state index is 12.0. The van der Waals surface area contributed by atoms with Crippen LogP contribution in [0.15, 0.2) is 60.4 Å². The lowest BCUT2D eigenvalue weighted by atomic mass is 10.2. The SMILES string of the molecule is N#C/C(=C/NCc1ccccn1)C(=O)Nc1ccccc1O. The summed E-state index contributed by atoms with van der Waals surface area (Å²) >= 11 is 0. The maximum Gasteiger partial charge on any atom is 0.267 e. The van der Waals surface area contributed by atoms with Gasteiger partial charge in [-0.25, -0.2) is 0 Å². The van der Waals surface area contributed by atoms with Crippen LogP contribution in [-0.4, -0.2) is 16.0 Å². The summed E-state index contributed by atoms with van der Waals surface area (Å²) in [5.74, 6) is -0.660. The fraction of sp³-hybridized carbons (Fsp3) is 0.0625. The van der Waals surface area contributed by atoms with Gasteiger partial charge in [-0.3, -0.25) is 9.78 Å². The highest BCUT2D eigenvalue weighted by atomic mass is 16.3. The summed E-state index contributed by atoms with van der Waals surface area (Å²) in [5, 5.41) is 24.0. The van der Waals surface area contributed by atoms with Crippen molar-refractivity contribution in [3.8, 4) is 11.8 Å². The number of carbonyl (C=O) groups excluding carboxylic acids is 1. The van der Waals surface area contributed by atoms with Crippen molar-refractivity contribution in [2.45, 2.75) is 6.54 Å². The number of rotatable bonds is 5. The summed E-state index contributed by atoms with van der Waals surface area (Å²) in [6, 6.07) is 13.6. The molecule has 0 spiro atoms. The Morgan fingerprint density at radius 1 is 1.27 bits per heavy atom. The molecule has 0 aliphatic rings. The summed E-state index contributed by atoms with van der Waals surface area (Å²) in [6.45, 7) is 0.399. The highest BCUT2D eigenvalue weighted by Crippen LogP contribution is 2.21. The second-order valence-corrected chi connectivity index (χ2v) is 4.34. The molecule has 1 aromatic carbocycles. The van der Waals surface area contributed by atoms with E-state index in [4.69, 9.17) is 5.26 Å². The number of pyridine rings is 1. The maximum atomic E-state index is 12.0. The second kappa shape index (κ2) is 7.45. The van der Waals surface area contributed by atoms with Crippen molar-refractivity contribution in [1.29, 1.82) is 5.26 Å². The van der Waals surface area contributed by atoms with Crippen molar-refractivity contribution >= 4 is 11.6 Å². The first kappa shape index (κ1) is 15.1. The minimum absolute atomic E-state index is 0.0606. The van der Waals surface area contributed by atoms with Crippen molar-refractivity contribution in [2.75, 3.05) is 5.32 Å². The number of para-hydroxylation sites is 2. The molecule has 1 heterocycles. The Morgan fingerprint density at radius 3 is 2.73 bits per heavy atom. The number of anilines is 1. The van der Waals surface area contributed by atoms with Gasteiger partial charge in [-0.2, -0.15) is 5.26 Å². The number of nitrogens with one attached hydrogen (secondary N) is 2. The van der Waals surface area contributed by atoms with Crippen molar-refractivity contribution in [2.24, 2.45) is 0 Å². The van der Waals surface area contributed by atoms with Crippen LogP contribution >= 0.6 is 0 Å². The highest BCUT2D eigenvalue weighted by Gasteiger charge is 2.11. The van der Waals surface area contributed by atoms with Crippen molar-refractivity contribution < 1.29 is 9.90 Å². The number of nitrogens with zero attached hydrogens (tertiary/aromatic N) is 2. The minimum atomic E-state index is -0.600. The molecule has 0 radical (unpaired) electrons. The number of aromatic hydroxyl groups is 1. The monoisotopic (exact) mass is 294 g/mol. The van der Waals surface area contributed by atoms with Gasteiger partial charge in [-0.1, -0.05) is 18.2 Å². The third kappa shape index (κ3) is 4.08. The van der Waals surface area contributed by atoms with Gasteiger partial charge in [-0.15, -0.1) is 0 Å². The van der Waals surface area contributed by atoms with Crippen LogP contribution < -0.4 is 10.6 Å². The number of nitriles is 1. The van der Waals surface area contributed by atoms with E-state index in [1.165, 1.54) is 12.3 Å². The van der Waals surface area contributed by atoms with Gasteiger partial charge in [-0.05, 0) is 24.3 Å². The Bertz CT molecular complexity index is 720. The zero-order chi connectivity index (χ0) is 15.8. The molecule has 6 heteroatoms. The average molecular weight is 294 g/mol. The number of hydrogen-bond donors (Lipinski definition) is 3. The molecule has 22 heavy (non-hydrogen) atoms. The minimum Gasteiger partial charge on any atom is -0.506 e. The third-order valence-electron chi connectivity index (χ3n) is 2.77. The zero-order valence-electron chi connectivity index (χ0n) is 11.7. The van der Waals surface area contributed by atoms with E-state index in [0.29, 0.717) is 6.54 Å². The van der Waals surface area contributed by atoms with E-state index < -0.39 is 5.91 Å². The number of carbonyl (C=O) groups is 1. The van der Waals surface area contributed by atoms with Gasteiger partial charge in [0, 0.05) is 12.4 Å². The predicted octanol–water partition coefficient (Wildman–Crippen LogP) is 1.92. The van der Waals surface area contributed by atoms with Crippen LogP contribution in [0.25, 0.3) is 0 Å². The topological polar surface area (TPSA) is 98.0 Å². The normalized spacial score (nSPS) is 10.6. The first-order chi connectivity index (χ1) is 10.7. The van der Waals surface area contributed by atoms with Crippen LogP contribution in [0.4, 0.5) is 5.69 Å². The van der Waals surface area contributed by atoms with E-state index in [1.54, 1.807) is 30.5 Å². The number of hydrogen-bond acceptors (Lipinski definition) is 5. The van der Waals surface area contributed by atoms with E-state index in [2.05, 4.69) is 15.6 Å². The molecule has 2 aromatic rings. The van der Waals surface area contributed by atoms with Gasteiger partial charge in [0.1, 0.15) is 17.4 Å². The van der Waals surface area contributed by atoms with Crippen molar-refractivity contribution in [3.63, 3.8) is 0 Å². The summed E-state index contributed by atoms with van der Waals surface area (Å²) in [7, 11) is 0. The van der Waals surface area contributed by atoms with Crippen molar-refractivity contribution in [3.05, 3.63) is 66.1 Å². The molecule has 0 aliphatic heterocycles. The first-order valence-electron chi connectivity index (χ1n) is 6.53. The molecule has 0 aliphatic carbocycles. The number of amides is 1. The molecular formula is C16H14N4O2. The quantitative estimate of drug-likeness (QED) is 0.444. The van der Waals surface area contributed by atoms with Crippen LogP contribution in [0.1, 0.15) is 5.69 Å². The summed E-state index contributed by atoms with van der Waals surface area (Å²) in [6.07, 6.45) is 2.99. The smallest absolute Gasteiger partial charge is 0.267 e. The molecule has 0 saturated heterocycles. The Hall–Kier alpha value is -3.33. The van der Waals surface area contributed by atoms with E-state index in [9.17, 15) is 9.90 Å². The number of benzene rings is 1. The van der Waals surface area contributed by atoms with E-state index in [1.807, 2.05) is 18.2 Å². The molecule has 0 atom stereocenters.